The minimum Gasteiger partial charge on any atom is -0.494 e. The standard InChI is InChI=1S/C17H18N2O5/c1-2-23-11-8-6-10(7-9-11)14-12-4-3-5-13(20)16(12)24-17(18)15(14)19(21)22/h6-9,14H,2-5,18H2,1H3. The molecular formula is C17H18N2O5. The van der Waals surface area contributed by atoms with E-state index >= 15 is 0 Å². The molecule has 0 saturated heterocycles. The topological polar surface area (TPSA) is 105 Å². The molecule has 7 nitrogen and oxygen atoms in total. The molecule has 1 aliphatic heterocycles. The van der Waals surface area contributed by atoms with Crippen LogP contribution in [-0.2, 0) is 9.53 Å². The number of rotatable bonds is 4. The summed E-state index contributed by atoms with van der Waals surface area (Å²) in [5.41, 5.74) is 6.87. The Morgan fingerprint density at radius 2 is 2.04 bits per heavy atom. The molecule has 1 unspecified atom stereocenters. The lowest BCUT2D eigenvalue weighted by molar-refractivity contribution is -0.433. The molecule has 7 heteroatoms. The summed E-state index contributed by atoms with van der Waals surface area (Å²) in [5.74, 6) is -0.292. The van der Waals surface area contributed by atoms with Gasteiger partial charge in [0.2, 0.25) is 0 Å². The zero-order chi connectivity index (χ0) is 17.3. The third-order valence-electron chi connectivity index (χ3n) is 4.20. The fourth-order valence-corrected chi connectivity index (χ4v) is 3.19. The van der Waals surface area contributed by atoms with Crippen LogP contribution in [0.25, 0.3) is 0 Å². The van der Waals surface area contributed by atoms with Gasteiger partial charge in [0, 0.05) is 6.42 Å². The van der Waals surface area contributed by atoms with Crippen LogP contribution >= 0.6 is 0 Å². The number of carbonyl (C=O) groups is 1. The van der Waals surface area contributed by atoms with E-state index in [0.717, 1.165) is 0 Å². The Morgan fingerprint density at radius 1 is 1.33 bits per heavy atom. The van der Waals surface area contributed by atoms with Crippen molar-refractivity contribution < 1.29 is 19.2 Å². The van der Waals surface area contributed by atoms with Crippen molar-refractivity contribution in [1.82, 2.24) is 0 Å². The minimum absolute atomic E-state index is 0.155. The Bertz CT molecular complexity index is 749. The van der Waals surface area contributed by atoms with E-state index in [1.165, 1.54) is 0 Å². The lowest BCUT2D eigenvalue weighted by Gasteiger charge is -2.29. The molecule has 1 aromatic rings. The van der Waals surface area contributed by atoms with Crippen molar-refractivity contribution in [2.45, 2.75) is 32.1 Å². The normalized spacial score (nSPS) is 20.5. The predicted molar refractivity (Wildman–Crippen MR) is 85.5 cm³/mol. The number of nitrogens with zero attached hydrogens (tertiary/aromatic N) is 1. The smallest absolute Gasteiger partial charge is 0.316 e. The van der Waals surface area contributed by atoms with Crippen molar-refractivity contribution in [2.24, 2.45) is 5.73 Å². The van der Waals surface area contributed by atoms with Gasteiger partial charge in [-0.1, -0.05) is 12.1 Å². The predicted octanol–water partition coefficient (Wildman–Crippen LogP) is 2.61. The lowest BCUT2D eigenvalue weighted by Crippen LogP contribution is -2.29. The maximum Gasteiger partial charge on any atom is 0.316 e. The molecule has 126 valence electrons. The molecule has 1 atom stereocenters. The van der Waals surface area contributed by atoms with E-state index in [1.54, 1.807) is 24.3 Å². The molecule has 0 fully saturated rings. The van der Waals surface area contributed by atoms with Gasteiger partial charge in [-0.25, -0.2) is 0 Å². The van der Waals surface area contributed by atoms with Crippen molar-refractivity contribution in [2.75, 3.05) is 6.61 Å². The van der Waals surface area contributed by atoms with Crippen LogP contribution < -0.4 is 10.5 Å². The van der Waals surface area contributed by atoms with Crippen LogP contribution in [0.4, 0.5) is 0 Å². The summed E-state index contributed by atoms with van der Waals surface area (Å²) in [6.45, 7) is 2.42. The number of benzene rings is 1. The van der Waals surface area contributed by atoms with Gasteiger partial charge in [-0.3, -0.25) is 14.9 Å². The van der Waals surface area contributed by atoms with Gasteiger partial charge in [0.25, 0.3) is 5.88 Å². The molecule has 0 spiro atoms. The van der Waals surface area contributed by atoms with Crippen molar-refractivity contribution in [3.8, 4) is 5.75 Å². The van der Waals surface area contributed by atoms with Gasteiger partial charge in [0.05, 0.1) is 11.5 Å². The van der Waals surface area contributed by atoms with Crippen molar-refractivity contribution in [1.29, 1.82) is 0 Å². The molecule has 2 aliphatic rings. The number of nitro groups is 1. The van der Waals surface area contributed by atoms with Gasteiger partial charge < -0.3 is 15.2 Å². The highest BCUT2D eigenvalue weighted by Gasteiger charge is 2.43. The maximum atomic E-state index is 12.1. The zero-order valence-corrected chi connectivity index (χ0v) is 13.3. The second kappa shape index (κ2) is 6.35. The SMILES string of the molecule is CCOc1ccc(C2C3=C(OC(N)=C2[N+](=O)[O-])C(=O)CCC3)cc1. The number of hydrogen-bond acceptors (Lipinski definition) is 6. The number of carbonyl (C=O) groups excluding carboxylic acids is 1. The molecule has 24 heavy (non-hydrogen) atoms. The Kier molecular flexibility index (Phi) is 4.24. The molecular weight excluding hydrogens is 312 g/mol. The van der Waals surface area contributed by atoms with E-state index in [4.69, 9.17) is 15.2 Å². The van der Waals surface area contributed by atoms with E-state index in [1.807, 2.05) is 6.92 Å². The summed E-state index contributed by atoms with van der Waals surface area (Å²) in [6, 6.07) is 7.04. The summed E-state index contributed by atoms with van der Waals surface area (Å²) in [6.07, 6.45) is 1.60. The minimum atomic E-state index is -0.677. The quantitative estimate of drug-likeness (QED) is 0.672. The summed E-state index contributed by atoms with van der Waals surface area (Å²) < 4.78 is 10.7. The molecule has 3 rings (SSSR count). The monoisotopic (exact) mass is 330 g/mol. The highest BCUT2D eigenvalue weighted by molar-refractivity contribution is 5.95. The molecule has 0 radical (unpaired) electrons. The summed E-state index contributed by atoms with van der Waals surface area (Å²) in [5, 5.41) is 11.5. The zero-order valence-electron chi connectivity index (χ0n) is 13.3. The number of nitrogens with two attached hydrogens (primary N) is 1. The van der Waals surface area contributed by atoms with E-state index < -0.39 is 10.8 Å². The third kappa shape index (κ3) is 2.73. The fourth-order valence-electron chi connectivity index (χ4n) is 3.19. The van der Waals surface area contributed by atoms with Crippen LogP contribution in [0.1, 0.15) is 37.7 Å². The average Bonchev–Trinajstić information content (AvgIpc) is 2.55. The first-order valence-electron chi connectivity index (χ1n) is 7.83. The van der Waals surface area contributed by atoms with Crippen molar-refractivity contribution in [3.63, 3.8) is 0 Å². The molecule has 0 aromatic heterocycles. The highest BCUT2D eigenvalue weighted by atomic mass is 16.6. The molecule has 1 heterocycles. The van der Waals surface area contributed by atoms with Gasteiger partial charge in [0.1, 0.15) is 11.7 Å². The molecule has 0 bridgehead atoms. The van der Waals surface area contributed by atoms with Gasteiger partial charge in [-0.05, 0) is 43.0 Å². The van der Waals surface area contributed by atoms with Crippen molar-refractivity contribution in [3.05, 3.63) is 62.9 Å². The average molecular weight is 330 g/mol. The van der Waals surface area contributed by atoms with Crippen LogP contribution in [0, 0.1) is 10.1 Å². The van der Waals surface area contributed by atoms with Crippen LogP contribution in [-0.4, -0.2) is 17.3 Å². The second-order valence-corrected chi connectivity index (χ2v) is 5.67. The Labute approximate surface area is 138 Å². The molecule has 1 aliphatic carbocycles. The van der Waals surface area contributed by atoms with Crippen LogP contribution in [0.2, 0.25) is 0 Å². The van der Waals surface area contributed by atoms with Gasteiger partial charge in [0.15, 0.2) is 11.5 Å². The Balaban J connectivity index is 2.09. The van der Waals surface area contributed by atoms with E-state index in [-0.39, 0.29) is 23.1 Å². The summed E-state index contributed by atoms with van der Waals surface area (Å²) in [4.78, 5) is 23.1. The summed E-state index contributed by atoms with van der Waals surface area (Å²) in [7, 11) is 0. The van der Waals surface area contributed by atoms with Gasteiger partial charge in [-0.2, -0.15) is 0 Å². The lowest BCUT2D eigenvalue weighted by atomic mass is 9.80. The number of ether oxygens (including phenoxy) is 2. The first-order chi connectivity index (χ1) is 11.5. The molecule has 1 aromatic carbocycles. The summed E-state index contributed by atoms with van der Waals surface area (Å²) >= 11 is 0. The van der Waals surface area contributed by atoms with Crippen LogP contribution in [0.5, 0.6) is 5.75 Å². The third-order valence-corrected chi connectivity index (χ3v) is 4.20. The van der Waals surface area contributed by atoms with E-state index in [2.05, 4.69) is 0 Å². The number of hydrogen-bond donors (Lipinski definition) is 1. The van der Waals surface area contributed by atoms with Crippen LogP contribution in [0.3, 0.4) is 0 Å². The number of ketones is 1. The number of Topliss-reactive ketones (excluding diaryl/α,β-unsaturated/α-hetero) is 1. The van der Waals surface area contributed by atoms with Crippen LogP contribution in [0.15, 0.2) is 47.2 Å². The van der Waals surface area contributed by atoms with Crippen molar-refractivity contribution >= 4 is 5.78 Å². The maximum absolute atomic E-state index is 12.1. The first-order valence-corrected chi connectivity index (χ1v) is 7.83. The molecule has 0 saturated carbocycles. The second-order valence-electron chi connectivity index (χ2n) is 5.67. The molecule has 2 N–H and O–H groups in total. The Morgan fingerprint density at radius 3 is 2.67 bits per heavy atom. The number of allylic oxidation sites excluding steroid dienone is 2. The first kappa shape index (κ1) is 16.0. The highest BCUT2D eigenvalue weighted by Crippen LogP contribution is 2.44. The fraction of sp³-hybridized carbons (Fsp3) is 0.353. The van der Waals surface area contributed by atoms with E-state index in [0.29, 0.717) is 42.8 Å². The largest absolute Gasteiger partial charge is 0.494 e. The molecule has 0 amide bonds. The van der Waals surface area contributed by atoms with Gasteiger partial charge in [-0.15, -0.1) is 0 Å². The Hall–Kier alpha value is -2.83. The van der Waals surface area contributed by atoms with E-state index in [9.17, 15) is 14.9 Å². The van der Waals surface area contributed by atoms with Gasteiger partial charge >= 0.3 is 5.70 Å².